The topological polar surface area (TPSA) is 12.0 Å². The summed E-state index contributed by atoms with van der Waals surface area (Å²) >= 11 is 0. The molecule has 1 fully saturated rings. The van der Waals surface area contributed by atoms with Crippen molar-refractivity contribution in [3.8, 4) is 0 Å². The number of nitrogens with one attached hydrogen (secondary N) is 1. The molecule has 1 nitrogen and oxygen atoms in total. The minimum atomic E-state index is 0.434. The number of rotatable bonds is 4. The predicted octanol–water partition coefficient (Wildman–Crippen LogP) is 5.23. The fourth-order valence-corrected chi connectivity index (χ4v) is 3.76. The Balaban J connectivity index is 2.14. The summed E-state index contributed by atoms with van der Waals surface area (Å²) in [5, 5.41) is 3.67. The van der Waals surface area contributed by atoms with Crippen molar-refractivity contribution >= 4 is 0 Å². The van der Waals surface area contributed by atoms with Crippen LogP contribution >= 0.6 is 0 Å². The van der Waals surface area contributed by atoms with Gasteiger partial charge in [0.2, 0.25) is 0 Å². The fourth-order valence-electron chi connectivity index (χ4n) is 3.76. The molecular formula is C20H33N. The molecule has 0 heterocycles. The summed E-state index contributed by atoms with van der Waals surface area (Å²) < 4.78 is 0. The van der Waals surface area contributed by atoms with Crippen molar-refractivity contribution < 1.29 is 0 Å². The van der Waals surface area contributed by atoms with Gasteiger partial charge in [0.15, 0.2) is 0 Å². The van der Waals surface area contributed by atoms with Gasteiger partial charge in [0.25, 0.3) is 0 Å². The van der Waals surface area contributed by atoms with E-state index in [2.05, 4.69) is 70.3 Å². The molecule has 1 aliphatic rings. The SMILES string of the molecule is CC(C)NCC1CCC(C(C)(C)C)CC1c1ccccc1. The minimum absolute atomic E-state index is 0.434. The van der Waals surface area contributed by atoms with Gasteiger partial charge in [-0.25, -0.2) is 0 Å². The zero-order valence-electron chi connectivity index (χ0n) is 14.5. The molecule has 3 unspecified atom stereocenters. The zero-order chi connectivity index (χ0) is 15.5. The second-order valence-electron chi connectivity index (χ2n) is 8.22. The highest BCUT2D eigenvalue weighted by atomic mass is 14.9. The van der Waals surface area contributed by atoms with E-state index in [0.29, 0.717) is 11.5 Å². The minimum Gasteiger partial charge on any atom is -0.314 e. The number of hydrogen-bond acceptors (Lipinski definition) is 1. The largest absolute Gasteiger partial charge is 0.314 e. The molecule has 0 aliphatic heterocycles. The van der Waals surface area contributed by atoms with Gasteiger partial charge in [0.05, 0.1) is 0 Å². The van der Waals surface area contributed by atoms with E-state index >= 15 is 0 Å². The van der Waals surface area contributed by atoms with Gasteiger partial charge in [0, 0.05) is 6.04 Å². The van der Waals surface area contributed by atoms with Crippen LogP contribution in [0, 0.1) is 17.3 Å². The van der Waals surface area contributed by atoms with Gasteiger partial charge in [-0.05, 0) is 54.5 Å². The van der Waals surface area contributed by atoms with E-state index < -0.39 is 0 Å². The Hall–Kier alpha value is -0.820. The third-order valence-electron chi connectivity index (χ3n) is 5.23. The standard InChI is InChI=1S/C20H33N/c1-15(2)21-14-17-11-12-18(20(3,4)5)13-19(17)16-9-7-6-8-10-16/h6-10,15,17-19,21H,11-14H2,1-5H3. The first-order chi connectivity index (χ1) is 9.88. The van der Waals surface area contributed by atoms with Crippen molar-refractivity contribution in [3.05, 3.63) is 35.9 Å². The molecule has 0 amide bonds. The van der Waals surface area contributed by atoms with E-state index in [1.807, 2.05) is 0 Å². The number of hydrogen-bond donors (Lipinski definition) is 1. The number of benzene rings is 1. The Morgan fingerprint density at radius 1 is 1.10 bits per heavy atom. The molecule has 118 valence electrons. The molecule has 0 bridgehead atoms. The lowest BCUT2D eigenvalue weighted by atomic mass is 9.64. The van der Waals surface area contributed by atoms with Gasteiger partial charge in [-0.1, -0.05) is 65.0 Å². The monoisotopic (exact) mass is 287 g/mol. The third kappa shape index (κ3) is 4.57. The maximum atomic E-state index is 3.67. The van der Waals surface area contributed by atoms with Crippen LogP contribution in [0.15, 0.2) is 30.3 Å². The van der Waals surface area contributed by atoms with E-state index in [0.717, 1.165) is 24.3 Å². The summed E-state index contributed by atoms with van der Waals surface area (Å²) in [4.78, 5) is 0. The van der Waals surface area contributed by atoms with Crippen molar-refractivity contribution in [1.29, 1.82) is 0 Å². The van der Waals surface area contributed by atoms with E-state index in [-0.39, 0.29) is 0 Å². The van der Waals surface area contributed by atoms with Gasteiger partial charge in [-0.2, -0.15) is 0 Å². The molecule has 3 atom stereocenters. The van der Waals surface area contributed by atoms with Crippen LogP contribution in [0.1, 0.15) is 65.4 Å². The highest BCUT2D eigenvalue weighted by Crippen LogP contribution is 2.46. The van der Waals surface area contributed by atoms with Crippen LogP contribution in [0.5, 0.6) is 0 Å². The van der Waals surface area contributed by atoms with Crippen LogP contribution in [-0.2, 0) is 0 Å². The highest BCUT2D eigenvalue weighted by Gasteiger charge is 2.36. The van der Waals surface area contributed by atoms with E-state index in [1.54, 1.807) is 5.56 Å². The van der Waals surface area contributed by atoms with Crippen molar-refractivity contribution in [3.63, 3.8) is 0 Å². The average molecular weight is 287 g/mol. The van der Waals surface area contributed by atoms with Gasteiger partial charge in [-0.3, -0.25) is 0 Å². The van der Waals surface area contributed by atoms with Crippen molar-refractivity contribution in [2.75, 3.05) is 6.54 Å². The molecule has 1 N–H and O–H groups in total. The lowest BCUT2D eigenvalue weighted by molar-refractivity contribution is 0.128. The lowest BCUT2D eigenvalue weighted by Gasteiger charge is -2.42. The molecule has 1 aromatic carbocycles. The Morgan fingerprint density at radius 3 is 2.33 bits per heavy atom. The Kier molecular flexibility index (Phi) is 5.48. The smallest absolute Gasteiger partial charge is 0.00104 e. The Morgan fingerprint density at radius 2 is 1.76 bits per heavy atom. The molecule has 0 saturated heterocycles. The first-order valence-electron chi connectivity index (χ1n) is 8.66. The first kappa shape index (κ1) is 16.5. The van der Waals surface area contributed by atoms with Crippen LogP contribution in [0.2, 0.25) is 0 Å². The van der Waals surface area contributed by atoms with Crippen molar-refractivity contribution in [2.24, 2.45) is 17.3 Å². The van der Waals surface area contributed by atoms with Gasteiger partial charge in [-0.15, -0.1) is 0 Å². The fraction of sp³-hybridized carbons (Fsp3) is 0.700. The van der Waals surface area contributed by atoms with Crippen LogP contribution in [-0.4, -0.2) is 12.6 Å². The molecule has 1 heteroatoms. The van der Waals surface area contributed by atoms with Crippen LogP contribution in [0.3, 0.4) is 0 Å². The van der Waals surface area contributed by atoms with Crippen LogP contribution in [0.25, 0.3) is 0 Å². The molecule has 0 radical (unpaired) electrons. The quantitative estimate of drug-likeness (QED) is 0.799. The molecule has 0 aromatic heterocycles. The molecule has 2 rings (SSSR count). The summed E-state index contributed by atoms with van der Waals surface area (Å²) in [6, 6.07) is 11.8. The summed E-state index contributed by atoms with van der Waals surface area (Å²) in [5.74, 6) is 2.35. The maximum absolute atomic E-state index is 3.67. The first-order valence-corrected chi connectivity index (χ1v) is 8.66. The van der Waals surface area contributed by atoms with E-state index in [4.69, 9.17) is 0 Å². The molecule has 0 spiro atoms. The summed E-state index contributed by atoms with van der Waals surface area (Å²) in [5.41, 5.74) is 1.98. The second kappa shape index (κ2) is 6.96. The molecule has 1 saturated carbocycles. The second-order valence-corrected chi connectivity index (χ2v) is 8.22. The van der Waals surface area contributed by atoms with Gasteiger partial charge >= 0.3 is 0 Å². The normalized spacial score (nSPS) is 27.0. The zero-order valence-corrected chi connectivity index (χ0v) is 14.5. The Bertz CT molecular complexity index is 415. The van der Waals surface area contributed by atoms with Gasteiger partial charge in [0.1, 0.15) is 0 Å². The predicted molar refractivity (Wildman–Crippen MR) is 92.6 cm³/mol. The average Bonchev–Trinajstić information content (AvgIpc) is 2.45. The van der Waals surface area contributed by atoms with Crippen molar-refractivity contribution in [2.45, 2.75) is 65.8 Å². The Labute approximate surface area is 131 Å². The molecule has 1 aromatic rings. The van der Waals surface area contributed by atoms with E-state index in [1.165, 1.54) is 19.3 Å². The van der Waals surface area contributed by atoms with Crippen LogP contribution in [0.4, 0.5) is 0 Å². The third-order valence-corrected chi connectivity index (χ3v) is 5.23. The van der Waals surface area contributed by atoms with Crippen molar-refractivity contribution in [1.82, 2.24) is 5.32 Å². The summed E-state index contributed by atoms with van der Waals surface area (Å²) in [7, 11) is 0. The van der Waals surface area contributed by atoms with Crippen LogP contribution < -0.4 is 5.32 Å². The summed E-state index contributed by atoms with van der Waals surface area (Å²) in [6.45, 7) is 12.9. The van der Waals surface area contributed by atoms with E-state index in [9.17, 15) is 0 Å². The maximum Gasteiger partial charge on any atom is 0.00104 e. The molecular weight excluding hydrogens is 254 g/mol. The summed E-state index contributed by atoms with van der Waals surface area (Å²) in [6.07, 6.45) is 4.09. The lowest BCUT2D eigenvalue weighted by Crippen LogP contribution is -2.37. The molecule has 21 heavy (non-hydrogen) atoms. The van der Waals surface area contributed by atoms with Gasteiger partial charge < -0.3 is 5.32 Å². The highest BCUT2D eigenvalue weighted by molar-refractivity contribution is 5.21. The molecule has 1 aliphatic carbocycles.